The summed E-state index contributed by atoms with van der Waals surface area (Å²) in [5.41, 5.74) is 7.60. The highest BCUT2D eigenvalue weighted by molar-refractivity contribution is 7.22. The number of rotatable bonds is 2. The van der Waals surface area contributed by atoms with Crippen molar-refractivity contribution in [3.05, 3.63) is 109 Å². The minimum Gasteiger partial charge on any atom is -0.456 e. The van der Waals surface area contributed by atoms with E-state index in [4.69, 9.17) is 9.40 Å². The van der Waals surface area contributed by atoms with Gasteiger partial charge in [-0.25, -0.2) is 4.98 Å². The van der Waals surface area contributed by atoms with E-state index in [1.165, 1.54) is 32.9 Å². The highest BCUT2D eigenvalue weighted by atomic mass is 32.1. The zero-order chi connectivity index (χ0) is 22.9. The summed E-state index contributed by atoms with van der Waals surface area (Å²) >= 11 is 1.73. The zero-order valence-electron chi connectivity index (χ0n) is 18.6. The maximum atomic E-state index is 6.14. The van der Waals surface area contributed by atoms with Crippen LogP contribution in [-0.4, -0.2) is 9.55 Å². The fraction of sp³-hybridized carbons (Fsp3) is 0. The third-order valence-electron chi connectivity index (χ3n) is 6.86. The molecule has 8 rings (SSSR count). The molecule has 0 fully saturated rings. The molecule has 3 heterocycles. The van der Waals surface area contributed by atoms with Gasteiger partial charge in [-0.15, -0.1) is 0 Å². The number of benzene rings is 5. The molecule has 0 aliphatic rings. The lowest BCUT2D eigenvalue weighted by Gasteiger charge is -2.06. The smallest absolute Gasteiger partial charge is 0.195 e. The molecule has 0 radical (unpaired) electrons. The van der Waals surface area contributed by atoms with Crippen molar-refractivity contribution in [2.75, 3.05) is 0 Å². The Kier molecular flexibility index (Phi) is 3.82. The number of para-hydroxylation sites is 2. The van der Waals surface area contributed by atoms with Crippen molar-refractivity contribution >= 4 is 65.3 Å². The predicted molar refractivity (Wildman–Crippen MR) is 147 cm³/mol. The molecule has 3 aromatic heterocycles. The maximum Gasteiger partial charge on any atom is 0.195 e. The minimum atomic E-state index is 0.905. The van der Waals surface area contributed by atoms with E-state index in [0.29, 0.717) is 0 Å². The summed E-state index contributed by atoms with van der Waals surface area (Å²) in [6.45, 7) is 0. The van der Waals surface area contributed by atoms with Gasteiger partial charge in [-0.2, -0.15) is 0 Å². The predicted octanol–water partition coefficient (Wildman–Crippen LogP) is 8.96. The fourth-order valence-corrected chi connectivity index (χ4v) is 6.51. The second-order valence-electron chi connectivity index (χ2n) is 8.80. The highest BCUT2D eigenvalue weighted by Crippen LogP contribution is 2.42. The third kappa shape index (κ3) is 2.63. The van der Waals surface area contributed by atoms with Crippen molar-refractivity contribution in [3.8, 4) is 16.3 Å². The van der Waals surface area contributed by atoms with Crippen LogP contribution in [0, 0.1) is 0 Å². The largest absolute Gasteiger partial charge is 0.456 e. The van der Waals surface area contributed by atoms with Crippen LogP contribution in [0.2, 0.25) is 0 Å². The van der Waals surface area contributed by atoms with Crippen molar-refractivity contribution in [2.45, 2.75) is 0 Å². The number of aromatic nitrogens is 2. The molecule has 0 saturated carbocycles. The van der Waals surface area contributed by atoms with Gasteiger partial charge < -0.3 is 4.42 Å². The number of hydrogen-bond donors (Lipinski definition) is 0. The quantitative estimate of drug-likeness (QED) is 0.255. The van der Waals surface area contributed by atoms with Crippen LogP contribution < -0.4 is 0 Å². The molecule has 0 spiro atoms. The number of furan rings is 1. The van der Waals surface area contributed by atoms with Gasteiger partial charge >= 0.3 is 0 Å². The Labute approximate surface area is 204 Å². The third-order valence-corrected chi connectivity index (χ3v) is 7.93. The first-order valence-corrected chi connectivity index (χ1v) is 12.5. The van der Waals surface area contributed by atoms with Crippen molar-refractivity contribution in [1.29, 1.82) is 0 Å². The van der Waals surface area contributed by atoms with Gasteiger partial charge in [0.2, 0.25) is 0 Å². The van der Waals surface area contributed by atoms with Crippen molar-refractivity contribution in [2.24, 2.45) is 0 Å². The van der Waals surface area contributed by atoms with E-state index in [0.717, 1.165) is 37.3 Å². The molecule has 0 saturated heterocycles. The molecule has 0 amide bonds. The summed E-state index contributed by atoms with van der Waals surface area (Å²) in [6.07, 6.45) is 0. The Morgan fingerprint density at radius 1 is 0.600 bits per heavy atom. The number of nitrogens with zero attached hydrogens (tertiary/aromatic N) is 2. The lowest BCUT2D eigenvalue weighted by Crippen LogP contribution is -1.92. The molecular weight excluding hydrogens is 448 g/mol. The average Bonchev–Trinajstić information content (AvgIpc) is 3.59. The maximum absolute atomic E-state index is 6.14. The Bertz CT molecular complexity index is 2060. The van der Waals surface area contributed by atoms with Crippen LogP contribution in [-0.2, 0) is 0 Å². The summed E-state index contributed by atoms with van der Waals surface area (Å²) in [6, 6.07) is 38.2. The molecule has 164 valence electrons. The van der Waals surface area contributed by atoms with E-state index in [1.54, 1.807) is 11.3 Å². The van der Waals surface area contributed by atoms with Crippen LogP contribution in [0.4, 0.5) is 0 Å². The Hall–Kier alpha value is -4.41. The SMILES string of the molecule is c1ccc(-c2cccc3c2c2ccccc2n3-c2nc3ccc4oc5ccccc5c4c3s2)cc1. The number of hydrogen-bond acceptors (Lipinski definition) is 3. The van der Waals surface area contributed by atoms with E-state index in [2.05, 4.69) is 95.6 Å². The molecule has 0 unspecified atom stereocenters. The molecule has 0 N–H and O–H groups in total. The minimum absolute atomic E-state index is 0.905. The van der Waals surface area contributed by atoms with Crippen LogP contribution in [0.15, 0.2) is 114 Å². The zero-order valence-corrected chi connectivity index (χ0v) is 19.4. The highest BCUT2D eigenvalue weighted by Gasteiger charge is 2.20. The van der Waals surface area contributed by atoms with Gasteiger partial charge in [0, 0.05) is 21.5 Å². The Morgan fingerprint density at radius 3 is 2.29 bits per heavy atom. The normalized spacial score (nSPS) is 12.0. The molecular formula is C31H18N2OS. The second kappa shape index (κ2) is 7.05. The molecule has 35 heavy (non-hydrogen) atoms. The molecule has 0 aliphatic heterocycles. The van der Waals surface area contributed by atoms with E-state index in [-0.39, 0.29) is 0 Å². The first-order chi connectivity index (χ1) is 17.4. The number of thiazole rings is 1. The van der Waals surface area contributed by atoms with Gasteiger partial charge in [0.25, 0.3) is 0 Å². The van der Waals surface area contributed by atoms with Gasteiger partial charge in [0.15, 0.2) is 5.13 Å². The summed E-state index contributed by atoms with van der Waals surface area (Å²) in [5, 5.41) is 5.74. The Balaban J connectivity index is 1.49. The van der Waals surface area contributed by atoms with Crippen molar-refractivity contribution in [1.82, 2.24) is 9.55 Å². The molecule has 5 aromatic carbocycles. The average molecular weight is 467 g/mol. The topological polar surface area (TPSA) is 31.0 Å². The van der Waals surface area contributed by atoms with Gasteiger partial charge in [-0.3, -0.25) is 4.57 Å². The molecule has 8 aromatic rings. The molecule has 0 atom stereocenters. The molecule has 0 bridgehead atoms. The van der Waals surface area contributed by atoms with E-state index in [1.807, 2.05) is 18.2 Å². The van der Waals surface area contributed by atoms with E-state index >= 15 is 0 Å². The van der Waals surface area contributed by atoms with Crippen LogP contribution in [0.5, 0.6) is 0 Å². The van der Waals surface area contributed by atoms with Gasteiger partial charge in [-0.05, 0) is 41.5 Å². The summed E-state index contributed by atoms with van der Waals surface area (Å²) in [5.74, 6) is 0. The fourth-order valence-electron chi connectivity index (χ4n) is 5.36. The molecule has 0 aliphatic carbocycles. The van der Waals surface area contributed by atoms with E-state index < -0.39 is 0 Å². The monoisotopic (exact) mass is 466 g/mol. The van der Waals surface area contributed by atoms with E-state index in [9.17, 15) is 0 Å². The van der Waals surface area contributed by atoms with Crippen LogP contribution in [0.1, 0.15) is 0 Å². The van der Waals surface area contributed by atoms with Crippen LogP contribution in [0.3, 0.4) is 0 Å². The van der Waals surface area contributed by atoms with Crippen LogP contribution >= 0.6 is 11.3 Å². The Morgan fingerprint density at radius 2 is 1.37 bits per heavy atom. The van der Waals surface area contributed by atoms with Crippen molar-refractivity contribution < 1.29 is 4.42 Å². The number of fused-ring (bicyclic) bond motifs is 8. The van der Waals surface area contributed by atoms with Crippen LogP contribution in [0.25, 0.3) is 70.2 Å². The molecule has 3 nitrogen and oxygen atoms in total. The van der Waals surface area contributed by atoms with Crippen molar-refractivity contribution in [3.63, 3.8) is 0 Å². The summed E-state index contributed by atoms with van der Waals surface area (Å²) in [4.78, 5) is 5.13. The molecule has 4 heteroatoms. The summed E-state index contributed by atoms with van der Waals surface area (Å²) in [7, 11) is 0. The van der Waals surface area contributed by atoms with Gasteiger partial charge in [0.05, 0.1) is 21.3 Å². The lowest BCUT2D eigenvalue weighted by atomic mass is 10.00. The second-order valence-corrected chi connectivity index (χ2v) is 9.78. The lowest BCUT2D eigenvalue weighted by molar-refractivity contribution is 0.669. The first-order valence-electron chi connectivity index (χ1n) is 11.7. The van der Waals surface area contributed by atoms with Gasteiger partial charge in [0.1, 0.15) is 11.2 Å². The standard InChI is InChI=1S/C31H18N2OS/c1-2-9-19(10-3-1)20-13-8-15-25-28(20)21-11-4-6-14-24(21)33(25)31-32-23-17-18-27-29(30(23)35-31)22-12-5-7-16-26(22)34-27/h1-18H. The van der Waals surface area contributed by atoms with Gasteiger partial charge in [-0.1, -0.05) is 90.2 Å². The first kappa shape index (κ1) is 19.0. The summed E-state index contributed by atoms with van der Waals surface area (Å²) < 4.78 is 9.61.